The highest BCUT2D eigenvalue weighted by Crippen LogP contribution is 2.09. The van der Waals surface area contributed by atoms with Crippen molar-refractivity contribution in [3.8, 4) is 0 Å². The number of nitrogens with one attached hydrogen (secondary N) is 3. The van der Waals surface area contributed by atoms with Crippen molar-refractivity contribution in [1.29, 1.82) is 0 Å². The van der Waals surface area contributed by atoms with Crippen molar-refractivity contribution >= 4 is 23.7 Å². The molecule has 2 bridgehead atoms. The van der Waals surface area contributed by atoms with Crippen LogP contribution in [0.15, 0.2) is 4.42 Å². The Hall–Kier alpha value is -3.06. The molecule has 0 saturated carbocycles. The summed E-state index contributed by atoms with van der Waals surface area (Å²) in [5.74, 6) is -2.47. The third-order valence-electron chi connectivity index (χ3n) is 4.26. The Kier molecular flexibility index (Phi) is 9.34. The molecule has 0 aromatic carbocycles. The monoisotopic (exact) mass is 441 g/mol. The number of Topliss-reactive ketones (excluding diaryl/α,β-unsaturated/α-hetero) is 1. The fourth-order valence-electron chi connectivity index (χ4n) is 2.63. The molecule has 172 valence electrons. The van der Waals surface area contributed by atoms with Crippen molar-refractivity contribution in [2.24, 2.45) is 5.92 Å². The quantitative estimate of drug-likeness (QED) is 0.293. The van der Waals surface area contributed by atoms with Crippen LogP contribution >= 0.6 is 0 Å². The molecule has 2 rings (SSSR count). The zero-order chi connectivity index (χ0) is 22.8. The van der Waals surface area contributed by atoms with Crippen LogP contribution in [-0.4, -0.2) is 79.5 Å². The van der Waals surface area contributed by atoms with Crippen molar-refractivity contribution in [2.75, 3.05) is 33.5 Å². The van der Waals surface area contributed by atoms with E-state index >= 15 is 0 Å². The van der Waals surface area contributed by atoms with Crippen LogP contribution in [0.5, 0.6) is 0 Å². The molecule has 0 aliphatic carbocycles. The minimum absolute atomic E-state index is 0.0112. The second-order valence-corrected chi connectivity index (χ2v) is 7.01. The number of methoxy groups -OCH3 is 1. The van der Waals surface area contributed by atoms with Crippen LogP contribution in [-0.2, 0) is 41.6 Å². The van der Waals surface area contributed by atoms with E-state index in [1.807, 2.05) is 0 Å². The number of hydrogen-bond donors (Lipinski definition) is 3. The molecule has 0 fully saturated rings. The molecule has 31 heavy (non-hydrogen) atoms. The van der Waals surface area contributed by atoms with Gasteiger partial charge in [0.15, 0.2) is 0 Å². The third-order valence-corrected chi connectivity index (χ3v) is 4.26. The lowest BCUT2D eigenvalue weighted by Gasteiger charge is -2.24. The number of ether oxygens (including phenoxy) is 3. The second kappa shape index (κ2) is 12.0. The van der Waals surface area contributed by atoms with Crippen molar-refractivity contribution in [2.45, 2.75) is 38.9 Å². The van der Waals surface area contributed by atoms with Gasteiger partial charge in [0, 0.05) is 7.11 Å². The average Bonchev–Trinajstić information content (AvgIpc) is 3.19. The van der Waals surface area contributed by atoms with Crippen LogP contribution in [0.1, 0.15) is 25.6 Å². The molecule has 2 unspecified atom stereocenters. The molecule has 0 radical (unpaired) electrons. The number of carbonyl (C=O) groups is 4. The lowest BCUT2D eigenvalue weighted by atomic mass is 10.0. The highest BCUT2D eigenvalue weighted by molar-refractivity contribution is 6.38. The van der Waals surface area contributed by atoms with E-state index in [0.29, 0.717) is 13.2 Å². The van der Waals surface area contributed by atoms with Gasteiger partial charge in [0.25, 0.3) is 5.91 Å². The highest BCUT2D eigenvalue weighted by atomic mass is 16.6. The fraction of sp³-hybridized carbons (Fsp3) is 0.667. The van der Waals surface area contributed by atoms with Gasteiger partial charge in [0.05, 0.1) is 32.8 Å². The first-order chi connectivity index (χ1) is 14.8. The number of aromatic nitrogens is 2. The summed E-state index contributed by atoms with van der Waals surface area (Å²) in [5, 5.41) is 14.8. The molecule has 0 spiro atoms. The lowest BCUT2D eigenvalue weighted by molar-refractivity contribution is -0.140. The van der Waals surface area contributed by atoms with E-state index in [-0.39, 0.29) is 43.9 Å². The zero-order valence-electron chi connectivity index (χ0n) is 17.6. The van der Waals surface area contributed by atoms with Gasteiger partial charge >= 0.3 is 6.09 Å². The van der Waals surface area contributed by atoms with Crippen LogP contribution in [0.25, 0.3) is 0 Å². The molecule has 1 aromatic heterocycles. The minimum atomic E-state index is -1.23. The maximum atomic E-state index is 12.8. The summed E-state index contributed by atoms with van der Waals surface area (Å²) in [6, 6.07) is -2.24. The van der Waals surface area contributed by atoms with E-state index in [9.17, 15) is 19.2 Å². The number of ketones is 1. The van der Waals surface area contributed by atoms with Crippen molar-refractivity contribution in [1.82, 2.24) is 26.1 Å². The highest BCUT2D eigenvalue weighted by Gasteiger charge is 2.34. The van der Waals surface area contributed by atoms with Gasteiger partial charge in [0.1, 0.15) is 18.7 Å². The number of amides is 3. The topological polar surface area (TPSA) is 171 Å². The van der Waals surface area contributed by atoms with Gasteiger partial charge < -0.3 is 34.6 Å². The standard InChI is InChI=1S/C18H27N5O8/c1-10(2)14(21-18(27)30-7-6-29-5-4-28-3)16(25)20-11-8-12-22-23-13(31-12)9-19-17(26)15(11)24/h10-11,14H,4-9H2,1-3H3,(H,19,26)(H,20,25)(H,21,27). The third kappa shape index (κ3) is 7.61. The molecule has 3 amide bonds. The summed E-state index contributed by atoms with van der Waals surface area (Å²) < 4.78 is 20.3. The summed E-state index contributed by atoms with van der Waals surface area (Å²) in [4.78, 5) is 49.2. The Morgan fingerprint density at radius 2 is 1.87 bits per heavy atom. The number of fused-ring (bicyclic) bond motifs is 2. The molecule has 1 aliphatic rings. The van der Waals surface area contributed by atoms with E-state index in [1.165, 1.54) is 0 Å². The SMILES string of the molecule is COCCOCCOC(=O)NC(C(=O)NC1Cc2nnc(o2)CNC(=O)C1=O)C(C)C. The van der Waals surface area contributed by atoms with Crippen molar-refractivity contribution < 1.29 is 37.8 Å². The number of alkyl carbamates (subject to hydrolysis) is 1. The second-order valence-electron chi connectivity index (χ2n) is 7.01. The molecular formula is C18H27N5O8. The van der Waals surface area contributed by atoms with Gasteiger partial charge in [-0.25, -0.2) is 4.79 Å². The molecule has 13 nitrogen and oxygen atoms in total. The summed E-state index contributed by atoms with van der Waals surface area (Å²) in [7, 11) is 1.54. The van der Waals surface area contributed by atoms with Gasteiger partial charge in [-0.15, -0.1) is 10.2 Å². The molecular weight excluding hydrogens is 414 g/mol. The molecule has 13 heteroatoms. The summed E-state index contributed by atoms with van der Waals surface area (Å²) in [5.41, 5.74) is 0. The van der Waals surface area contributed by atoms with E-state index in [0.717, 1.165) is 0 Å². The summed E-state index contributed by atoms with van der Waals surface area (Å²) >= 11 is 0. The predicted octanol–water partition coefficient (Wildman–Crippen LogP) is -1.29. The predicted molar refractivity (Wildman–Crippen MR) is 103 cm³/mol. The Balaban J connectivity index is 1.93. The molecule has 2 heterocycles. The Bertz CT molecular complexity index is 781. The maximum Gasteiger partial charge on any atom is 0.407 e. The number of hydrogen-bond acceptors (Lipinski definition) is 10. The van der Waals surface area contributed by atoms with Gasteiger partial charge in [-0.3, -0.25) is 14.4 Å². The first kappa shape index (κ1) is 24.2. The first-order valence-electron chi connectivity index (χ1n) is 9.75. The minimum Gasteiger partial charge on any atom is -0.447 e. The Morgan fingerprint density at radius 1 is 1.16 bits per heavy atom. The molecule has 1 aromatic rings. The number of rotatable bonds is 10. The maximum absolute atomic E-state index is 12.8. The smallest absolute Gasteiger partial charge is 0.407 e. The van der Waals surface area contributed by atoms with Crippen molar-refractivity contribution in [3.05, 3.63) is 11.8 Å². The van der Waals surface area contributed by atoms with Gasteiger partial charge in [-0.05, 0) is 5.92 Å². The van der Waals surface area contributed by atoms with Crippen molar-refractivity contribution in [3.63, 3.8) is 0 Å². The normalized spacial score (nSPS) is 17.2. The van der Waals surface area contributed by atoms with E-state index in [4.69, 9.17) is 18.6 Å². The van der Waals surface area contributed by atoms with Crippen LogP contribution in [0.3, 0.4) is 0 Å². The first-order valence-corrected chi connectivity index (χ1v) is 9.75. The largest absolute Gasteiger partial charge is 0.447 e. The Labute approximate surface area is 178 Å². The fourth-order valence-corrected chi connectivity index (χ4v) is 2.63. The van der Waals surface area contributed by atoms with Crippen LogP contribution in [0.4, 0.5) is 4.79 Å². The van der Waals surface area contributed by atoms with Gasteiger partial charge in [-0.2, -0.15) is 0 Å². The van der Waals surface area contributed by atoms with Gasteiger partial charge in [0.2, 0.25) is 23.5 Å². The van der Waals surface area contributed by atoms with E-state index < -0.39 is 35.8 Å². The van der Waals surface area contributed by atoms with E-state index in [1.54, 1.807) is 21.0 Å². The molecule has 3 N–H and O–H groups in total. The zero-order valence-corrected chi connectivity index (χ0v) is 17.6. The van der Waals surface area contributed by atoms with Crippen LogP contribution in [0, 0.1) is 5.92 Å². The average molecular weight is 441 g/mol. The number of nitrogens with zero attached hydrogens (tertiary/aromatic N) is 2. The molecule has 0 saturated heterocycles. The van der Waals surface area contributed by atoms with Crippen LogP contribution in [0.2, 0.25) is 0 Å². The summed E-state index contributed by atoms with van der Waals surface area (Å²) in [6.45, 7) is 4.28. The number of carbonyl (C=O) groups excluding carboxylic acids is 4. The Morgan fingerprint density at radius 3 is 2.58 bits per heavy atom. The lowest BCUT2D eigenvalue weighted by Crippen LogP contribution is -2.56. The summed E-state index contributed by atoms with van der Waals surface area (Å²) in [6.07, 6.45) is -0.969. The molecule has 2 atom stereocenters. The van der Waals surface area contributed by atoms with E-state index in [2.05, 4.69) is 26.1 Å². The molecule has 1 aliphatic heterocycles. The van der Waals surface area contributed by atoms with Gasteiger partial charge in [-0.1, -0.05) is 13.8 Å². The van der Waals surface area contributed by atoms with Crippen LogP contribution < -0.4 is 16.0 Å².